The van der Waals surface area contributed by atoms with E-state index in [-0.39, 0.29) is 39.4 Å². The monoisotopic (exact) mass is 517 g/mol. The predicted molar refractivity (Wildman–Crippen MR) is 123 cm³/mol. The first kappa shape index (κ1) is 22.6. The van der Waals surface area contributed by atoms with Crippen LogP contribution in [0, 0.1) is 11.9 Å². The zero-order valence-corrected chi connectivity index (χ0v) is 18.9. The summed E-state index contributed by atoms with van der Waals surface area (Å²) >= 11 is 6.04. The molecular weight excluding hydrogens is 502 g/mol. The summed E-state index contributed by atoms with van der Waals surface area (Å²) in [5.74, 6) is -0.558. The number of pyridine rings is 2. The molecule has 6 rings (SSSR count). The highest BCUT2D eigenvalue weighted by Gasteiger charge is 2.54. The standard InChI is InChI=1S/C24H16ClF4N5O2/c25-11-1-3-18(36-24(27,28)29)13(7-11)10-5-17-14-8-15(14)21(34(17)20(35)6-10)23-31-9-16(32-23)12-2-4-19(30)33-22(12)26/h1-7,9,14-15,21H,8H2,(H2,30,33)(H,31,32). The minimum atomic E-state index is -4.91. The van der Waals surface area contributed by atoms with Crippen LogP contribution >= 0.6 is 11.6 Å². The van der Waals surface area contributed by atoms with Gasteiger partial charge >= 0.3 is 6.36 Å². The SMILES string of the molecule is Nc1ccc(-c2cnc(C3C4CC4c4cc(-c5cc(Cl)ccc5OC(F)(F)F)cc(=O)n43)[nH]2)c(F)n1. The van der Waals surface area contributed by atoms with Crippen LogP contribution in [0.4, 0.5) is 23.4 Å². The molecule has 0 amide bonds. The number of fused-ring (bicyclic) bond motifs is 3. The molecule has 36 heavy (non-hydrogen) atoms. The van der Waals surface area contributed by atoms with Gasteiger partial charge in [-0.3, -0.25) is 4.79 Å². The van der Waals surface area contributed by atoms with E-state index >= 15 is 0 Å². The number of aromatic amines is 1. The normalized spacial score (nSPS) is 20.2. The summed E-state index contributed by atoms with van der Waals surface area (Å²) in [7, 11) is 0. The van der Waals surface area contributed by atoms with Gasteiger partial charge in [0.1, 0.15) is 17.4 Å². The van der Waals surface area contributed by atoms with E-state index in [1.165, 1.54) is 36.5 Å². The van der Waals surface area contributed by atoms with Crippen molar-refractivity contribution in [3.8, 4) is 28.1 Å². The summed E-state index contributed by atoms with van der Waals surface area (Å²) in [6.07, 6.45) is -2.66. The van der Waals surface area contributed by atoms with Crippen molar-refractivity contribution in [2.24, 2.45) is 5.92 Å². The van der Waals surface area contributed by atoms with Crippen LogP contribution in [-0.2, 0) is 0 Å². The van der Waals surface area contributed by atoms with Gasteiger partial charge in [0.2, 0.25) is 5.95 Å². The number of imidazole rings is 1. The van der Waals surface area contributed by atoms with Gasteiger partial charge in [0, 0.05) is 28.3 Å². The van der Waals surface area contributed by atoms with Crippen molar-refractivity contribution in [3.63, 3.8) is 0 Å². The number of nitrogens with two attached hydrogens (primary N) is 1. The zero-order valence-electron chi connectivity index (χ0n) is 18.2. The topological polar surface area (TPSA) is 98.8 Å². The highest BCUT2D eigenvalue weighted by Crippen LogP contribution is 2.60. The molecule has 0 radical (unpaired) electrons. The molecule has 7 nitrogen and oxygen atoms in total. The summed E-state index contributed by atoms with van der Waals surface area (Å²) < 4.78 is 58.9. The first-order valence-electron chi connectivity index (χ1n) is 10.9. The molecular formula is C24H16ClF4N5O2. The third-order valence-electron chi connectivity index (χ3n) is 6.52. The maximum atomic E-state index is 14.3. The zero-order chi connectivity index (χ0) is 25.4. The highest BCUT2D eigenvalue weighted by atomic mass is 35.5. The number of halogens is 5. The second-order valence-corrected chi connectivity index (χ2v) is 9.21. The summed E-state index contributed by atoms with van der Waals surface area (Å²) in [5, 5.41) is 0.204. The van der Waals surface area contributed by atoms with E-state index in [1.807, 2.05) is 0 Å². The molecule has 3 unspecified atom stereocenters. The molecule has 4 heterocycles. The molecule has 0 spiro atoms. The van der Waals surface area contributed by atoms with Crippen LogP contribution in [0.2, 0.25) is 5.02 Å². The number of nitrogens with one attached hydrogen (secondary N) is 1. The van der Waals surface area contributed by atoms with Gasteiger partial charge in [-0.05, 0) is 54.3 Å². The van der Waals surface area contributed by atoms with Crippen molar-refractivity contribution >= 4 is 17.4 Å². The van der Waals surface area contributed by atoms with Gasteiger partial charge in [0.15, 0.2) is 0 Å². The second-order valence-electron chi connectivity index (χ2n) is 8.77. The first-order valence-corrected chi connectivity index (χ1v) is 11.3. The van der Waals surface area contributed by atoms with E-state index in [1.54, 1.807) is 10.6 Å². The lowest BCUT2D eigenvalue weighted by atomic mass is 10.0. The largest absolute Gasteiger partial charge is 0.573 e. The molecule has 1 aliphatic carbocycles. The van der Waals surface area contributed by atoms with E-state index < -0.39 is 29.7 Å². The Labute approximate surface area is 205 Å². The number of anilines is 1. The number of alkyl halides is 3. The van der Waals surface area contributed by atoms with Crippen LogP contribution in [0.1, 0.15) is 29.9 Å². The summed E-state index contributed by atoms with van der Waals surface area (Å²) in [4.78, 5) is 24.4. The van der Waals surface area contributed by atoms with Crippen LogP contribution in [0.5, 0.6) is 5.75 Å². The Kier molecular flexibility index (Phi) is 4.91. The lowest BCUT2D eigenvalue weighted by molar-refractivity contribution is -0.274. The van der Waals surface area contributed by atoms with Crippen LogP contribution in [0.15, 0.2) is 53.5 Å². The van der Waals surface area contributed by atoms with Crippen molar-refractivity contribution in [3.05, 3.63) is 81.5 Å². The van der Waals surface area contributed by atoms with Crippen LogP contribution in [0.3, 0.4) is 0 Å². The van der Waals surface area contributed by atoms with E-state index in [0.717, 1.165) is 12.5 Å². The quantitative estimate of drug-likeness (QED) is 0.283. The molecule has 2 aliphatic rings. The van der Waals surface area contributed by atoms with Gasteiger partial charge in [-0.25, -0.2) is 9.97 Å². The van der Waals surface area contributed by atoms with Crippen molar-refractivity contribution < 1.29 is 22.3 Å². The van der Waals surface area contributed by atoms with Gasteiger partial charge < -0.3 is 20.0 Å². The number of nitrogens with zero attached hydrogens (tertiary/aromatic N) is 3. The van der Waals surface area contributed by atoms with Crippen LogP contribution in [0.25, 0.3) is 22.4 Å². The molecule has 1 aliphatic heterocycles. The van der Waals surface area contributed by atoms with Gasteiger partial charge in [0.25, 0.3) is 5.56 Å². The number of aromatic nitrogens is 4. The Morgan fingerprint density at radius 2 is 1.94 bits per heavy atom. The Hall–Kier alpha value is -3.86. The molecule has 1 saturated carbocycles. The minimum absolute atomic E-state index is 0.0392. The van der Waals surface area contributed by atoms with Gasteiger partial charge in [-0.15, -0.1) is 13.2 Å². The summed E-state index contributed by atoms with van der Waals surface area (Å²) in [5.41, 5.74) is 6.71. The number of hydrogen-bond donors (Lipinski definition) is 2. The van der Waals surface area contributed by atoms with Gasteiger partial charge in [0.05, 0.1) is 23.5 Å². The third kappa shape index (κ3) is 3.79. The Morgan fingerprint density at radius 3 is 2.69 bits per heavy atom. The van der Waals surface area contributed by atoms with Crippen LogP contribution < -0.4 is 16.0 Å². The Morgan fingerprint density at radius 1 is 1.14 bits per heavy atom. The number of nitrogen functional groups attached to an aromatic ring is 1. The molecule has 0 bridgehead atoms. The van der Waals surface area contributed by atoms with Crippen molar-refractivity contribution in [1.82, 2.24) is 19.5 Å². The molecule has 3 atom stereocenters. The molecule has 184 valence electrons. The van der Waals surface area contributed by atoms with Crippen molar-refractivity contribution in [2.45, 2.75) is 24.7 Å². The molecule has 1 aromatic carbocycles. The van der Waals surface area contributed by atoms with Gasteiger partial charge in [-0.1, -0.05) is 11.6 Å². The third-order valence-corrected chi connectivity index (χ3v) is 6.75. The summed E-state index contributed by atoms with van der Waals surface area (Å²) in [6.45, 7) is 0. The number of benzene rings is 1. The minimum Gasteiger partial charge on any atom is -0.405 e. The second kappa shape index (κ2) is 7.82. The maximum Gasteiger partial charge on any atom is 0.573 e. The lowest BCUT2D eigenvalue weighted by Gasteiger charge is -2.18. The maximum absolute atomic E-state index is 14.3. The fourth-order valence-corrected chi connectivity index (χ4v) is 5.15. The molecule has 3 aromatic heterocycles. The van der Waals surface area contributed by atoms with E-state index in [0.29, 0.717) is 17.2 Å². The van der Waals surface area contributed by atoms with E-state index in [9.17, 15) is 22.4 Å². The molecule has 12 heteroatoms. The number of rotatable bonds is 4. The molecule has 1 fully saturated rings. The molecule has 4 aromatic rings. The fraction of sp³-hybridized carbons (Fsp3) is 0.208. The smallest absolute Gasteiger partial charge is 0.405 e. The lowest BCUT2D eigenvalue weighted by Crippen LogP contribution is -2.26. The predicted octanol–water partition coefficient (Wildman–Crippen LogP) is 5.28. The van der Waals surface area contributed by atoms with E-state index in [2.05, 4.69) is 19.7 Å². The highest BCUT2D eigenvalue weighted by molar-refractivity contribution is 6.31. The van der Waals surface area contributed by atoms with Crippen molar-refractivity contribution in [2.75, 3.05) is 5.73 Å². The van der Waals surface area contributed by atoms with E-state index in [4.69, 9.17) is 17.3 Å². The Balaban J connectivity index is 1.40. The van der Waals surface area contributed by atoms with Crippen molar-refractivity contribution in [1.29, 1.82) is 0 Å². The van der Waals surface area contributed by atoms with Gasteiger partial charge in [-0.2, -0.15) is 4.39 Å². The fourth-order valence-electron chi connectivity index (χ4n) is 4.97. The number of H-pyrrole nitrogens is 1. The number of ether oxygens (including phenoxy) is 1. The first-order chi connectivity index (χ1) is 17.1. The summed E-state index contributed by atoms with van der Waals surface area (Å²) in [6, 6.07) is 9.22. The average Bonchev–Trinajstić information content (AvgIpc) is 3.30. The molecule has 0 saturated heterocycles. The van der Waals surface area contributed by atoms with Crippen LogP contribution in [-0.4, -0.2) is 25.9 Å². The Bertz CT molecular complexity index is 1580. The molecule has 3 N–H and O–H groups in total. The number of hydrogen-bond acceptors (Lipinski definition) is 5. The average molecular weight is 518 g/mol.